The minimum absolute atomic E-state index is 0.169. The number of carbonyl (C=O) groups is 1. The molecule has 146 valence electrons. The predicted molar refractivity (Wildman–Crippen MR) is 111 cm³/mol. The summed E-state index contributed by atoms with van der Waals surface area (Å²) in [5.74, 6) is -0.282. The first-order valence-electron chi connectivity index (χ1n) is 9.74. The van der Waals surface area contributed by atoms with E-state index in [1.165, 1.54) is 0 Å². The van der Waals surface area contributed by atoms with Gasteiger partial charge < -0.3 is 15.4 Å². The number of aromatic hydroxyl groups is 1. The number of phenolic OH excluding ortho intramolecular Hbond substituents is 1. The Bertz CT molecular complexity index is 961. The van der Waals surface area contributed by atoms with Gasteiger partial charge in [-0.1, -0.05) is 38.0 Å². The van der Waals surface area contributed by atoms with E-state index < -0.39 is 5.91 Å². The fraction of sp³-hybridized carbons (Fsp3) is 0.304. The maximum atomic E-state index is 12.4. The second-order valence-electron chi connectivity index (χ2n) is 7.06. The molecule has 1 aromatic carbocycles. The van der Waals surface area contributed by atoms with Crippen molar-refractivity contribution in [1.29, 1.82) is 0 Å². The number of rotatable bonds is 8. The molecule has 3 aromatic rings. The number of nitrogens with zero attached hydrogens (tertiary/aromatic N) is 2. The topological polar surface area (TPSA) is 81.1 Å². The number of phenols is 1. The van der Waals surface area contributed by atoms with Crippen molar-refractivity contribution in [2.75, 3.05) is 0 Å². The first-order chi connectivity index (χ1) is 13.5. The van der Waals surface area contributed by atoms with E-state index in [2.05, 4.69) is 16.5 Å². The normalized spacial score (nSPS) is 10.9. The number of carbonyl (C=O) groups excluding carboxylic acids is 1. The lowest BCUT2D eigenvalue weighted by molar-refractivity contribution is 0.1000. The zero-order valence-corrected chi connectivity index (χ0v) is 16.5. The lowest BCUT2D eigenvalue weighted by Crippen LogP contribution is -2.14. The van der Waals surface area contributed by atoms with Crippen molar-refractivity contribution >= 4 is 5.91 Å². The molecule has 0 atom stereocenters. The van der Waals surface area contributed by atoms with Gasteiger partial charge in [0.05, 0.1) is 17.8 Å². The fourth-order valence-electron chi connectivity index (χ4n) is 3.74. The van der Waals surface area contributed by atoms with Crippen LogP contribution in [0.25, 0.3) is 11.1 Å². The molecule has 0 fully saturated rings. The highest BCUT2D eigenvalue weighted by molar-refractivity contribution is 6.02. The maximum absolute atomic E-state index is 12.4. The van der Waals surface area contributed by atoms with Crippen molar-refractivity contribution < 1.29 is 9.90 Å². The van der Waals surface area contributed by atoms with E-state index in [-0.39, 0.29) is 5.75 Å². The number of unbranched alkanes of at least 4 members (excludes halogenated alkanes) is 2. The summed E-state index contributed by atoms with van der Waals surface area (Å²) in [5, 5.41) is 9.99. The number of hydrogen-bond acceptors (Lipinski definition) is 3. The minimum Gasteiger partial charge on any atom is -0.508 e. The van der Waals surface area contributed by atoms with Crippen molar-refractivity contribution in [1.82, 2.24) is 9.55 Å². The number of hydrogen-bond donors (Lipinski definition) is 2. The summed E-state index contributed by atoms with van der Waals surface area (Å²) in [6.45, 7) is 4.68. The standard InChI is InChI=1S/C23H27N3O2/c1-3-4-5-12-20-22(17-9-8-11-19(27)14-17)21(23(24)28)16(2)26(20)15-18-10-6-7-13-25-18/h6-11,13-14,27H,3-5,12,15H2,1-2H3,(H2,24,28). The highest BCUT2D eigenvalue weighted by Crippen LogP contribution is 2.35. The molecule has 2 aromatic heterocycles. The van der Waals surface area contributed by atoms with Crippen LogP contribution in [0.5, 0.6) is 5.75 Å². The average molecular weight is 377 g/mol. The molecule has 28 heavy (non-hydrogen) atoms. The maximum Gasteiger partial charge on any atom is 0.251 e. The Hall–Kier alpha value is -3.08. The smallest absolute Gasteiger partial charge is 0.251 e. The Morgan fingerprint density at radius 1 is 1.18 bits per heavy atom. The molecule has 0 unspecified atom stereocenters. The van der Waals surface area contributed by atoms with E-state index in [9.17, 15) is 9.90 Å². The van der Waals surface area contributed by atoms with Gasteiger partial charge >= 0.3 is 0 Å². The molecule has 0 bridgehead atoms. The Kier molecular flexibility index (Phi) is 6.14. The van der Waals surface area contributed by atoms with E-state index in [4.69, 9.17) is 5.73 Å². The van der Waals surface area contributed by atoms with Crippen molar-refractivity contribution in [2.45, 2.75) is 46.1 Å². The van der Waals surface area contributed by atoms with Crippen LogP contribution in [0.15, 0.2) is 48.7 Å². The van der Waals surface area contributed by atoms with Gasteiger partial charge in [0.1, 0.15) is 5.75 Å². The molecule has 5 heteroatoms. The number of amides is 1. The fourth-order valence-corrected chi connectivity index (χ4v) is 3.74. The van der Waals surface area contributed by atoms with Crippen LogP contribution in [-0.2, 0) is 13.0 Å². The van der Waals surface area contributed by atoms with Crippen LogP contribution >= 0.6 is 0 Å². The SMILES string of the molecule is CCCCCc1c(-c2cccc(O)c2)c(C(N)=O)c(C)n1Cc1ccccn1. The largest absolute Gasteiger partial charge is 0.508 e. The molecule has 1 amide bonds. The molecule has 2 heterocycles. The van der Waals surface area contributed by atoms with Gasteiger partial charge in [0.25, 0.3) is 5.91 Å². The van der Waals surface area contributed by atoms with Crippen molar-refractivity contribution in [3.63, 3.8) is 0 Å². The van der Waals surface area contributed by atoms with Gasteiger partial charge in [-0.25, -0.2) is 0 Å². The van der Waals surface area contributed by atoms with Crippen LogP contribution in [0, 0.1) is 6.92 Å². The van der Waals surface area contributed by atoms with E-state index in [0.717, 1.165) is 53.9 Å². The minimum atomic E-state index is -0.452. The zero-order chi connectivity index (χ0) is 20.1. The first kappa shape index (κ1) is 19.7. The molecule has 3 N–H and O–H groups in total. The van der Waals surface area contributed by atoms with E-state index in [0.29, 0.717) is 12.1 Å². The highest BCUT2D eigenvalue weighted by atomic mass is 16.3. The Morgan fingerprint density at radius 2 is 2.00 bits per heavy atom. The van der Waals surface area contributed by atoms with Crippen LogP contribution in [-0.4, -0.2) is 20.6 Å². The third-order valence-electron chi connectivity index (χ3n) is 5.08. The molecule has 5 nitrogen and oxygen atoms in total. The summed E-state index contributed by atoms with van der Waals surface area (Å²) in [6, 6.07) is 12.8. The lowest BCUT2D eigenvalue weighted by Gasteiger charge is -2.13. The van der Waals surface area contributed by atoms with Gasteiger partial charge in [-0.05, 0) is 49.6 Å². The Balaban J connectivity index is 2.20. The average Bonchev–Trinajstić information content (AvgIpc) is 2.95. The molecule has 0 saturated carbocycles. The molecule has 0 aliphatic heterocycles. The molecule has 0 aliphatic rings. The van der Waals surface area contributed by atoms with Crippen LogP contribution in [0.3, 0.4) is 0 Å². The van der Waals surface area contributed by atoms with Gasteiger partial charge in [0.15, 0.2) is 0 Å². The monoisotopic (exact) mass is 377 g/mol. The summed E-state index contributed by atoms with van der Waals surface area (Å²) in [5.41, 5.74) is 10.8. The predicted octanol–water partition coefficient (Wildman–Crippen LogP) is 4.44. The van der Waals surface area contributed by atoms with E-state index in [1.54, 1.807) is 24.4 Å². The zero-order valence-electron chi connectivity index (χ0n) is 16.5. The quantitative estimate of drug-likeness (QED) is 0.569. The summed E-state index contributed by atoms with van der Waals surface area (Å²) in [4.78, 5) is 16.8. The number of pyridine rings is 1. The van der Waals surface area contributed by atoms with Crippen LogP contribution < -0.4 is 5.73 Å². The van der Waals surface area contributed by atoms with Crippen LogP contribution in [0.1, 0.15) is 53.6 Å². The van der Waals surface area contributed by atoms with Crippen LogP contribution in [0.4, 0.5) is 0 Å². The lowest BCUT2D eigenvalue weighted by atomic mass is 9.97. The highest BCUT2D eigenvalue weighted by Gasteiger charge is 2.25. The number of primary amides is 1. The van der Waals surface area contributed by atoms with E-state index in [1.807, 2.05) is 31.2 Å². The number of benzene rings is 1. The third kappa shape index (κ3) is 4.09. The second-order valence-corrected chi connectivity index (χ2v) is 7.06. The number of nitrogens with two attached hydrogens (primary N) is 1. The van der Waals surface area contributed by atoms with Crippen LogP contribution in [0.2, 0.25) is 0 Å². The van der Waals surface area contributed by atoms with Gasteiger partial charge in [-0.3, -0.25) is 9.78 Å². The third-order valence-corrected chi connectivity index (χ3v) is 5.08. The summed E-state index contributed by atoms with van der Waals surface area (Å²) in [7, 11) is 0. The first-order valence-corrected chi connectivity index (χ1v) is 9.74. The van der Waals surface area contributed by atoms with Gasteiger partial charge in [-0.2, -0.15) is 0 Å². The molecular weight excluding hydrogens is 350 g/mol. The Morgan fingerprint density at radius 3 is 2.64 bits per heavy atom. The van der Waals surface area contributed by atoms with Gasteiger partial charge in [0.2, 0.25) is 0 Å². The van der Waals surface area contributed by atoms with E-state index >= 15 is 0 Å². The summed E-state index contributed by atoms with van der Waals surface area (Å²) >= 11 is 0. The summed E-state index contributed by atoms with van der Waals surface area (Å²) < 4.78 is 2.15. The van der Waals surface area contributed by atoms with Gasteiger partial charge in [0, 0.05) is 23.1 Å². The van der Waals surface area contributed by atoms with Crippen molar-refractivity contribution in [3.05, 3.63) is 71.3 Å². The number of aromatic nitrogens is 2. The Labute approximate surface area is 165 Å². The molecule has 0 radical (unpaired) electrons. The molecule has 0 aliphatic carbocycles. The summed E-state index contributed by atoms with van der Waals surface area (Å²) in [6.07, 6.45) is 5.85. The molecule has 3 rings (SSSR count). The van der Waals surface area contributed by atoms with Crippen molar-refractivity contribution in [3.8, 4) is 16.9 Å². The molecule has 0 saturated heterocycles. The van der Waals surface area contributed by atoms with Gasteiger partial charge in [-0.15, -0.1) is 0 Å². The molecular formula is C23H27N3O2. The van der Waals surface area contributed by atoms with Crippen molar-refractivity contribution in [2.24, 2.45) is 5.73 Å². The molecule has 0 spiro atoms. The second kappa shape index (κ2) is 8.74.